The Kier molecular flexibility index (Phi) is 5.09. The molecule has 0 bridgehead atoms. The van der Waals surface area contributed by atoms with Gasteiger partial charge < -0.3 is 19.9 Å². The fourth-order valence-corrected chi connectivity index (χ4v) is 3.82. The number of ether oxygens (including phenoxy) is 1. The lowest BCUT2D eigenvalue weighted by Gasteiger charge is -2.35. The predicted octanol–water partition coefficient (Wildman–Crippen LogP) is 3.34. The van der Waals surface area contributed by atoms with Gasteiger partial charge in [0.2, 0.25) is 0 Å². The summed E-state index contributed by atoms with van der Waals surface area (Å²) < 4.78 is 20.0. The van der Waals surface area contributed by atoms with Crippen LogP contribution in [0, 0.1) is 0 Å². The number of methoxy groups -OCH3 is 1. The molecule has 1 unspecified atom stereocenters. The van der Waals surface area contributed by atoms with Crippen LogP contribution in [-0.4, -0.2) is 57.6 Å². The van der Waals surface area contributed by atoms with Crippen molar-refractivity contribution in [2.75, 3.05) is 55.5 Å². The molecule has 28 heavy (non-hydrogen) atoms. The number of urea groups is 1. The maximum Gasteiger partial charge on any atom is 0.328 e. The first-order chi connectivity index (χ1) is 13.6. The van der Waals surface area contributed by atoms with E-state index in [2.05, 4.69) is 22.2 Å². The highest BCUT2D eigenvalue weighted by Gasteiger charge is 2.33. The summed E-state index contributed by atoms with van der Waals surface area (Å²) in [6, 6.07) is 12.4. The highest BCUT2D eigenvalue weighted by atomic mass is 19.1. The van der Waals surface area contributed by atoms with Crippen molar-refractivity contribution < 1.29 is 13.9 Å². The second-order valence-electron chi connectivity index (χ2n) is 7.24. The molecular formula is C21H25FN4O2. The van der Waals surface area contributed by atoms with E-state index in [-0.39, 0.29) is 6.42 Å². The number of amides is 2. The third kappa shape index (κ3) is 3.49. The molecule has 7 heteroatoms. The van der Waals surface area contributed by atoms with E-state index in [4.69, 9.17) is 4.74 Å². The first kappa shape index (κ1) is 18.6. The van der Waals surface area contributed by atoms with Gasteiger partial charge in [0.25, 0.3) is 0 Å². The van der Waals surface area contributed by atoms with Crippen LogP contribution in [-0.2, 0) is 6.42 Å². The number of carbonyl (C=O) groups is 1. The maximum absolute atomic E-state index is 14.5. The van der Waals surface area contributed by atoms with Gasteiger partial charge in [0, 0.05) is 38.3 Å². The van der Waals surface area contributed by atoms with E-state index in [9.17, 15) is 9.18 Å². The summed E-state index contributed by atoms with van der Waals surface area (Å²) in [5.41, 5.74) is 3.03. The smallest absolute Gasteiger partial charge is 0.328 e. The summed E-state index contributed by atoms with van der Waals surface area (Å²) in [6.45, 7) is 3.70. The van der Waals surface area contributed by atoms with Gasteiger partial charge >= 0.3 is 6.03 Å². The lowest BCUT2D eigenvalue weighted by molar-refractivity contribution is 0.245. The summed E-state index contributed by atoms with van der Waals surface area (Å²) in [6.07, 6.45) is -1.13. The van der Waals surface area contributed by atoms with Gasteiger partial charge in [0.15, 0.2) is 6.30 Å². The number of likely N-dealkylation sites (N-methyl/N-ethyl adjacent to an activating group) is 1. The second-order valence-corrected chi connectivity index (χ2v) is 7.24. The number of nitrogens with zero attached hydrogens (tertiary/aromatic N) is 3. The molecule has 0 aliphatic carbocycles. The van der Waals surface area contributed by atoms with Crippen molar-refractivity contribution in [3.8, 4) is 5.75 Å². The molecule has 1 fully saturated rings. The van der Waals surface area contributed by atoms with E-state index in [1.54, 1.807) is 19.2 Å². The summed E-state index contributed by atoms with van der Waals surface area (Å²) in [4.78, 5) is 18.5. The molecule has 0 spiro atoms. The molecule has 148 valence electrons. The molecule has 2 amide bonds. The quantitative estimate of drug-likeness (QED) is 0.825. The van der Waals surface area contributed by atoms with Crippen LogP contribution in [0.15, 0.2) is 42.5 Å². The van der Waals surface area contributed by atoms with Gasteiger partial charge in [0.05, 0.1) is 18.5 Å². The zero-order valence-corrected chi connectivity index (χ0v) is 16.2. The fourth-order valence-electron chi connectivity index (χ4n) is 3.82. The minimum Gasteiger partial charge on any atom is -0.495 e. The van der Waals surface area contributed by atoms with E-state index < -0.39 is 12.3 Å². The van der Waals surface area contributed by atoms with Gasteiger partial charge in [-0.05, 0) is 36.9 Å². The van der Waals surface area contributed by atoms with E-state index in [1.807, 2.05) is 30.3 Å². The van der Waals surface area contributed by atoms with Gasteiger partial charge in [-0.25, -0.2) is 9.18 Å². The molecule has 1 N–H and O–H groups in total. The number of alkyl halides is 1. The Morgan fingerprint density at radius 1 is 1.11 bits per heavy atom. The number of benzene rings is 2. The molecule has 0 saturated carbocycles. The van der Waals surface area contributed by atoms with Crippen molar-refractivity contribution in [3.63, 3.8) is 0 Å². The minimum atomic E-state index is -1.35. The minimum absolute atomic E-state index is 0.221. The molecule has 1 saturated heterocycles. The number of para-hydroxylation sites is 1. The third-order valence-electron chi connectivity index (χ3n) is 5.41. The molecular weight excluding hydrogens is 359 g/mol. The van der Waals surface area contributed by atoms with Crippen LogP contribution in [0.25, 0.3) is 0 Å². The average molecular weight is 384 g/mol. The molecule has 2 aliphatic rings. The molecule has 0 aromatic heterocycles. The van der Waals surface area contributed by atoms with Crippen molar-refractivity contribution in [1.29, 1.82) is 0 Å². The molecule has 2 aromatic carbocycles. The zero-order valence-electron chi connectivity index (χ0n) is 16.2. The van der Waals surface area contributed by atoms with E-state index in [0.29, 0.717) is 11.4 Å². The summed E-state index contributed by atoms with van der Waals surface area (Å²) in [5.74, 6) is 0.762. The number of nitrogens with one attached hydrogen (secondary N) is 1. The monoisotopic (exact) mass is 384 g/mol. The Hall–Kier alpha value is -2.80. The van der Waals surface area contributed by atoms with Gasteiger partial charge in [-0.2, -0.15) is 0 Å². The number of rotatable bonds is 3. The third-order valence-corrected chi connectivity index (χ3v) is 5.41. The van der Waals surface area contributed by atoms with E-state index >= 15 is 0 Å². The van der Waals surface area contributed by atoms with Crippen molar-refractivity contribution in [3.05, 3.63) is 48.0 Å². The molecule has 4 rings (SSSR count). The fraction of sp³-hybridized carbons (Fsp3) is 0.381. The van der Waals surface area contributed by atoms with Crippen LogP contribution in [0.2, 0.25) is 0 Å². The van der Waals surface area contributed by atoms with Gasteiger partial charge in [-0.1, -0.05) is 18.2 Å². The van der Waals surface area contributed by atoms with Crippen LogP contribution in [0.3, 0.4) is 0 Å². The lowest BCUT2D eigenvalue weighted by atomic mass is 10.2. The largest absolute Gasteiger partial charge is 0.495 e. The second kappa shape index (κ2) is 7.67. The number of piperazine rings is 1. The maximum atomic E-state index is 14.5. The Labute approximate surface area is 164 Å². The Morgan fingerprint density at radius 3 is 2.61 bits per heavy atom. The van der Waals surface area contributed by atoms with Crippen LogP contribution in [0.5, 0.6) is 5.75 Å². The number of hydrogen-bond donors (Lipinski definition) is 1. The van der Waals surface area contributed by atoms with Gasteiger partial charge in [-0.3, -0.25) is 4.90 Å². The molecule has 1 atom stereocenters. The number of hydrogen-bond acceptors (Lipinski definition) is 4. The Bertz CT molecular complexity index is 867. The van der Waals surface area contributed by atoms with E-state index in [0.717, 1.165) is 43.2 Å². The highest BCUT2D eigenvalue weighted by Crippen LogP contribution is 2.35. The van der Waals surface area contributed by atoms with Crippen molar-refractivity contribution >= 4 is 23.1 Å². The van der Waals surface area contributed by atoms with Crippen molar-refractivity contribution in [2.24, 2.45) is 0 Å². The van der Waals surface area contributed by atoms with Crippen LogP contribution < -0.4 is 19.9 Å². The SMILES string of the molecule is COc1ccc(NC(=O)N2c3ccccc3CC2F)cc1N1CCN(C)CC1. The van der Waals surface area contributed by atoms with Crippen molar-refractivity contribution in [2.45, 2.75) is 12.7 Å². The molecule has 0 radical (unpaired) electrons. The predicted molar refractivity (Wildman–Crippen MR) is 109 cm³/mol. The Balaban J connectivity index is 1.55. The first-order valence-corrected chi connectivity index (χ1v) is 9.50. The van der Waals surface area contributed by atoms with E-state index in [1.165, 1.54) is 4.90 Å². The molecule has 2 aliphatic heterocycles. The van der Waals surface area contributed by atoms with Gasteiger partial charge in [-0.15, -0.1) is 0 Å². The summed E-state index contributed by atoms with van der Waals surface area (Å²) >= 11 is 0. The highest BCUT2D eigenvalue weighted by molar-refractivity contribution is 6.03. The zero-order chi connectivity index (χ0) is 19.7. The normalized spacial score (nSPS) is 19.5. The Morgan fingerprint density at radius 2 is 1.86 bits per heavy atom. The van der Waals surface area contributed by atoms with Gasteiger partial charge in [0.1, 0.15) is 5.75 Å². The van der Waals surface area contributed by atoms with Crippen molar-refractivity contribution in [1.82, 2.24) is 4.90 Å². The van der Waals surface area contributed by atoms with Crippen LogP contribution >= 0.6 is 0 Å². The number of carbonyl (C=O) groups excluding carboxylic acids is 1. The summed E-state index contributed by atoms with van der Waals surface area (Å²) in [7, 11) is 3.74. The molecule has 6 nitrogen and oxygen atoms in total. The topological polar surface area (TPSA) is 48.1 Å². The number of halogens is 1. The number of fused-ring (bicyclic) bond motifs is 1. The lowest BCUT2D eigenvalue weighted by Crippen LogP contribution is -2.44. The average Bonchev–Trinajstić information content (AvgIpc) is 3.04. The molecule has 2 aromatic rings. The first-order valence-electron chi connectivity index (χ1n) is 9.50. The summed E-state index contributed by atoms with van der Waals surface area (Å²) in [5, 5.41) is 2.85. The van der Waals surface area contributed by atoms with Crippen LogP contribution in [0.4, 0.5) is 26.2 Å². The number of anilines is 3. The van der Waals surface area contributed by atoms with Crippen LogP contribution in [0.1, 0.15) is 5.56 Å². The standard InChI is InChI=1S/C21H25FN4O2/c1-24-9-11-25(12-10-24)18-14-16(7-8-19(18)28-2)23-21(27)26-17-6-4-3-5-15(17)13-20(26)22/h3-8,14,20H,9-13H2,1-2H3,(H,23,27). The molecule has 2 heterocycles.